The van der Waals surface area contributed by atoms with Gasteiger partial charge >= 0.3 is 0 Å². The van der Waals surface area contributed by atoms with Crippen LogP contribution in [0.3, 0.4) is 0 Å². The van der Waals surface area contributed by atoms with Gasteiger partial charge in [-0.25, -0.2) is 9.97 Å². The summed E-state index contributed by atoms with van der Waals surface area (Å²) in [7, 11) is 0. The van der Waals surface area contributed by atoms with Crippen molar-refractivity contribution in [3.8, 4) is 17.0 Å². The molecule has 3 rings (SSSR count). The van der Waals surface area contributed by atoms with Crippen molar-refractivity contribution in [3.05, 3.63) is 30.5 Å². The summed E-state index contributed by atoms with van der Waals surface area (Å²) in [6.07, 6.45) is 1.62. The molecule has 1 aliphatic heterocycles. The van der Waals surface area contributed by atoms with Gasteiger partial charge in [-0.1, -0.05) is 12.1 Å². The fourth-order valence-electron chi connectivity index (χ4n) is 2.20. The molecule has 0 unspecified atom stereocenters. The first-order chi connectivity index (χ1) is 9.74. The van der Waals surface area contributed by atoms with E-state index in [1.54, 1.807) is 24.4 Å². The summed E-state index contributed by atoms with van der Waals surface area (Å²) in [6, 6.07) is 6.93. The highest BCUT2D eigenvalue weighted by molar-refractivity contribution is 5.67. The van der Waals surface area contributed by atoms with Crippen LogP contribution >= 0.6 is 0 Å². The number of aromatic nitrogens is 2. The maximum absolute atomic E-state index is 9.55. The number of nitrogens with two attached hydrogens (primary N) is 1. The Morgan fingerprint density at radius 1 is 1.25 bits per heavy atom. The number of nitrogen functional groups attached to an aromatic ring is 1. The van der Waals surface area contributed by atoms with Crippen LogP contribution in [0.2, 0.25) is 0 Å². The Hall–Kier alpha value is -2.34. The van der Waals surface area contributed by atoms with Gasteiger partial charge in [-0.2, -0.15) is 0 Å². The van der Waals surface area contributed by atoms with E-state index in [0.29, 0.717) is 30.5 Å². The third kappa shape index (κ3) is 2.50. The minimum atomic E-state index is 0.203. The molecule has 2 heterocycles. The van der Waals surface area contributed by atoms with Gasteiger partial charge in [-0.3, -0.25) is 0 Å². The van der Waals surface area contributed by atoms with Crippen molar-refractivity contribution in [2.75, 3.05) is 36.9 Å². The lowest BCUT2D eigenvalue weighted by Crippen LogP contribution is -2.37. The van der Waals surface area contributed by atoms with Crippen molar-refractivity contribution in [2.24, 2.45) is 0 Å². The summed E-state index contributed by atoms with van der Waals surface area (Å²) in [5.41, 5.74) is 7.43. The fraction of sp³-hybridized carbons (Fsp3) is 0.286. The molecule has 6 nitrogen and oxygen atoms in total. The summed E-state index contributed by atoms with van der Waals surface area (Å²) in [4.78, 5) is 10.9. The number of rotatable bonds is 2. The molecule has 0 aliphatic carbocycles. The second-order valence-electron chi connectivity index (χ2n) is 4.61. The predicted octanol–water partition coefficient (Wildman–Crippen LogP) is 1.27. The quantitative estimate of drug-likeness (QED) is 0.856. The van der Waals surface area contributed by atoms with Crippen LogP contribution in [0.25, 0.3) is 11.3 Å². The van der Waals surface area contributed by atoms with Crippen LogP contribution in [0.1, 0.15) is 0 Å². The molecule has 0 bridgehead atoms. The molecule has 3 N–H and O–H groups in total. The van der Waals surface area contributed by atoms with E-state index in [2.05, 4.69) is 14.9 Å². The molecule has 1 saturated heterocycles. The molecule has 0 radical (unpaired) electrons. The van der Waals surface area contributed by atoms with Gasteiger partial charge in [0.2, 0.25) is 0 Å². The molecule has 1 aromatic carbocycles. The Labute approximate surface area is 116 Å². The number of anilines is 2. The van der Waals surface area contributed by atoms with Crippen LogP contribution in [-0.4, -0.2) is 41.4 Å². The van der Waals surface area contributed by atoms with E-state index < -0.39 is 0 Å². The SMILES string of the molecule is Nc1ncc(-c2cccc(O)c2)nc1N1CCOCC1. The highest BCUT2D eigenvalue weighted by Crippen LogP contribution is 2.26. The van der Waals surface area contributed by atoms with Crippen LogP contribution in [0, 0.1) is 0 Å². The molecule has 1 aromatic heterocycles. The van der Waals surface area contributed by atoms with Crippen molar-refractivity contribution in [1.82, 2.24) is 9.97 Å². The second-order valence-corrected chi connectivity index (χ2v) is 4.61. The number of nitrogens with zero attached hydrogens (tertiary/aromatic N) is 3. The van der Waals surface area contributed by atoms with E-state index in [1.807, 2.05) is 6.07 Å². The minimum Gasteiger partial charge on any atom is -0.508 e. The first-order valence-electron chi connectivity index (χ1n) is 6.48. The van der Waals surface area contributed by atoms with Crippen molar-refractivity contribution in [2.45, 2.75) is 0 Å². The van der Waals surface area contributed by atoms with Gasteiger partial charge in [-0.05, 0) is 12.1 Å². The van der Waals surface area contributed by atoms with Crippen LogP contribution < -0.4 is 10.6 Å². The standard InChI is InChI=1S/C14H16N4O2/c15-13-14(18-4-6-20-7-5-18)17-12(9-16-13)10-2-1-3-11(19)8-10/h1-3,8-9,19H,4-7H2,(H2,15,16). The Morgan fingerprint density at radius 3 is 2.80 bits per heavy atom. The highest BCUT2D eigenvalue weighted by atomic mass is 16.5. The van der Waals surface area contributed by atoms with Gasteiger partial charge in [-0.15, -0.1) is 0 Å². The van der Waals surface area contributed by atoms with Crippen LogP contribution in [0.5, 0.6) is 5.75 Å². The lowest BCUT2D eigenvalue weighted by atomic mass is 10.1. The molecule has 104 valence electrons. The number of hydrogen-bond acceptors (Lipinski definition) is 6. The Balaban J connectivity index is 1.97. The summed E-state index contributed by atoms with van der Waals surface area (Å²) in [5.74, 6) is 1.29. The topological polar surface area (TPSA) is 84.5 Å². The molecule has 2 aromatic rings. The zero-order chi connectivity index (χ0) is 13.9. The molecule has 6 heteroatoms. The summed E-state index contributed by atoms with van der Waals surface area (Å²) in [5, 5.41) is 9.55. The first-order valence-corrected chi connectivity index (χ1v) is 6.48. The van der Waals surface area contributed by atoms with Crippen molar-refractivity contribution in [3.63, 3.8) is 0 Å². The lowest BCUT2D eigenvalue weighted by Gasteiger charge is -2.28. The molecule has 1 fully saturated rings. The van der Waals surface area contributed by atoms with E-state index in [9.17, 15) is 5.11 Å². The maximum Gasteiger partial charge on any atom is 0.172 e. The van der Waals surface area contributed by atoms with Gasteiger partial charge in [0, 0.05) is 18.7 Å². The van der Waals surface area contributed by atoms with Crippen molar-refractivity contribution in [1.29, 1.82) is 0 Å². The fourth-order valence-corrected chi connectivity index (χ4v) is 2.20. The molecule has 0 spiro atoms. The van der Waals surface area contributed by atoms with Crippen LogP contribution in [0.15, 0.2) is 30.5 Å². The smallest absolute Gasteiger partial charge is 0.172 e. The number of ether oxygens (including phenoxy) is 1. The molecular formula is C14H16N4O2. The number of benzene rings is 1. The normalized spacial score (nSPS) is 15.3. The zero-order valence-corrected chi connectivity index (χ0v) is 11.0. The number of hydrogen-bond donors (Lipinski definition) is 2. The van der Waals surface area contributed by atoms with Crippen LogP contribution in [0.4, 0.5) is 11.6 Å². The van der Waals surface area contributed by atoms with Crippen molar-refractivity contribution >= 4 is 11.6 Å². The molecule has 20 heavy (non-hydrogen) atoms. The van der Waals surface area contributed by atoms with Gasteiger partial charge < -0.3 is 20.5 Å². The Morgan fingerprint density at radius 2 is 2.05 bits per heavy atom. The van der Waals surface area contributed by atoms with E-state index >= 15 is 0 Å². The van der Waals surface area contributed by atoms with E-state index in [1.165, 1.54) is 0 Å². The third-order valence-electron chi connectivity index (χ3n) is 3.23. The average molecular weight is 272 g/mol. The number of phenolic OH excluding ortho intramolecular Hbond substituents is 1. The number of morpholine rings is 1. The molecular weight excluding hydrogens is 256 g/mol. The number of phenols is 1. The minimum absolute atomic E-state index is 0.203. The van der Waals surface area contributed by atoms with E-state index in [0.717, 1.165) is 18.7 Å². The second kappa shape index (κ2) is 5.34. The highest BCUT2D eigenvalue weighted by Gasteiger charge is 2.17. The molecule has 0 amide bonds. The largest absolute Gasteiger partial charge is 0.508 e. The monoisotopic (exact) mass is 272 g/mol. The lowest BCUT2D eigenvalue weighted by molar-refractivity contribution is 0.122. The van der Waals surface area contributed by atoms with E-state index in [-0.39, 0.29) is 5.75 Å². The van der Waals surface area contributed by atoms with Gasteiger partial charge in [0.15, 0.2) is 11.6 Å². The molecule has 1 aliphatic rings. The average Bonchev–Trinajstić information content (AvgIpc) is 2.48. The van der Waals surface area contributed by atoms with Gasteiger partial charge in [0.25, 0.3) is 0 Å². The molecule has 0 atom stereocenters. The summed E-state index contributed by atoms with van der Waals surface area (Å²) in [6.45, 7) is 2.83. The predicted molar refractivity (Wildman–Crippen MR) is 76.6 cm³/mol. The summed E-state index contributed by atoms with van der Waals surface area (Å²) < 4.78 is 5.33. The Bertz CT molecular complexity index is 612. The van der Waals surface area contributed by atoms with Crippen LogP contribution in [-0.2, 0) is 4.74 Å². The van der Waals surface area contributed by atoms with E-state index in [4.69, 9.17) is 10.5 Å². The van der Waals surface area contributed by atoms with Gasteiger partial charge in [0.05, 0.1) is 25.1 Å². The third-order valence-corrected chi connectivity index (χ3v) is 3.23. The zero-order valence-electron chi connectivity index (χ0n) is 11.0. The molecule has 0 saturated carbocycles. The van der Waals surface area contributed by atoms with Gasteiger partial charge in [0.1, 0.15) is 5.75 Å². The first kappa shape index (κ1) is 12.7. The number of aromatic hydroxyl groups is 1. The maximum atomic E-state index is 9.55. The Kier molecular flexibility index (Phi) is 3.39. The van der Waals surface area contributed by atoms with Crippen molar-refractivity contribution < 1.29 is 9.84 Å². The summed E-state index contributed by atoms with van der Waals surface area (Å²) >= 11 is 0.